The van der Waals surface area contributed by atoms with Crippen molar-refractivity contribution in [2.75, 3.05) is 19.8 Å². The second-order valence-electron chi connectivity index (χ2n) is 3.56. The number of carbonyl (C=O) groups is 1. The molecule has 7 heteroatoms. The third kappa shape index (κ3) is 2.47. The first kappa shape index (κ1) is 12.4. The molecule has 1 unspecified atom stereocenters. The predicted octanol–water partition coefficient (Wildman–Crippen LogP) is -0.490. The molecule has 0 spiro atoms. The van der Waals surface area contributed by atoms with E-state index >= 15 is 0 Å². The average Bonchev–Trinajstić information content (AvgIpc) is 2.16. The van der Waals surface area contributed by atoms with Gasteiger partial charge in [0.05, 0.1) is 13.2 Å². The van der Waals surface area contributed by atoms with Gasteiger partial charge in [-0.1, -0.05) is 0 Å². The maximum Gasteiger partial charge on any atom is 0.323 e. The van der Waals surface area contributed by atoms with Gasteiger partial charge in [0.15, 0.2) is 5.25 Å². The Labute approximate surface area is 88.9 Å². The van der Waals surface area contributed by atoms with Gasteiger partial charge in [0.1, 0.15) is 0 Å². The van der Waals surface area contributed by atoms with Gasteiger partial charge in [0.25, 0.3) is 0 Å². The van der Waals surface area contributed by atoms with Crippen molar-refractivity contribution in [3.63, 3.8) is 0 Å². The van der Waals surface area contributed by atoms with Crippen LogP contribution in [0.3, 0.4) is 0 Å². The van der Waals surface area contributed by atoms with Crippen LogP contribution in [-0.4, -0.2) is 54.8 Å². The molecule has 1 saturated heterocycles. The van der Waals surface area contributed by atoms with Crippen molar-refractivity contribution in [1.82, 2.24) is 4.31 Å². The summed E-state index contributed by atoms with van der Waals surface area (Å²) >= 11 is 0. The fourth-order valence-electron chi connectivity index (χ4n) is 1.42. The van der Waals surface area contributed by atoms with E-state index in [1.807, 2.05) is 0 Å². The van der Waals surface area contributed by atoms with E-state index in [9.17, 15) is 13.2 Å². The molecule has 1 rings (SSSR count). The Bertz CT molecular complexity index is 339. The van der Waals surface area contributed by atoms with Gasteiger partial charge in [-0.2, -0.15) is 4.31 Å². The highest BCUT2D eigenvalue weighted by molar-refractivity contribution is 7.90. The van der Waals surface area contributed by atoms with Crippen LogP contribution >= 0.6 is 0 Å². The predicted molar refractivity (Wildman–Crippen MR) is 53.0 cm³/mol. The van der Waals surface area contributed by atoms with Crippen LogP contribution < -0.4 is 0 Å². The lowest BCUT2D eigenvalue weighted by Crippen LogP contribution is -2.51. The molecule has 0 radical (unpaired) electrons. The van der Waals surface area contributed by atoms with E-state index in [-0.39, 0.29) is 12.6 Å². The number of aliphatic carboxylic acids is 1. The van der Waals surface area contributed by atoms with Gasteiger partial charge < -0.3 is 9.84 Å². The van der Waals surface area contributed by atoms with Gasteiger partial charge in [-0.15, -0.1) is 0 Å². The van der Waals surface area contributed by atoms with Crippen LogP contribution in [0.15, 0.2) is 0 Å². The van der Waals surface area contributed by atoms with Gasteiger partial charge >= 0.3 is 5.97 Å². The first-order valence-electron chi connectivity index (χ1n) is 4.68. The largest absolute Gasteiger partial charge is 0.480 e. The Morgan fingerprint density at radius 3 is 2.67 bits per heavy atom. The number of sulfonamides is 1. The maximum absolute atomic E-state index is 11.8. The number of rotatable bonds is 3. The second kappa shape index (κ2) is 4.46. The lowest BCUT2D eigenvalue weighted by molar-refractivity contribution is -0.136. The SMILES string of the molecule is CC(C(=O)O)S(=O)(=O)N1CCOC[C@H]1C. The number of hydrogen-bond donors (Lipinski definition) is 1. The molecule has 0 saturated carbocycles. The highest BCUT2D eigenvalue weighted by Gasteiger charge is 2.37. The maximum atomic E-state index is 11.8. The monoisotopic (exact) mass is 237 g/mol. The molecule has 0 aromatic rings. The third-order valence-electron chi connectivity index (χ3n) is 2.43. The zero-order chi connectivity index (χ0) is 11.6. The molecule has 1 aliphatic rings. The minimum absolute atomic E-state index is 0.223. The molecule has 1 fully saturated rings. The Morgan fingerprint density at radius 2 is 2.20 bits per heavy atom. The summed E-state index contributed by atoms with van der Waals surface area (Å²) in [5, 5.41) is 7.29. The van der Waals surface area contributed by atoms with E-state index < -0.39 is 21.2 Å². The molecule has 0 aromatic heterocycles. The minimum Gasteiger partial charge on any atom is -0.480 e. The van der Waals surface area contributed by atoms with E-state index in [1.165, 1.54) is 11.2 Å². The Kier molecular flexibility index (Phi) is 3.69. The molecule has 15 heavy (non-hydrogen) atoms. The molecule has 88 valence electrons. The van der Waals surface area contributed by atoms with Gasteiger partial charge in [-0.25, -0.2) is 8.42 Å². The normalized spacial score (nSPS) is 26.1. The lowest BCUT2D eigenvalue weighted by Gasteiger charge is -2.33. The van der Waals surface area contributed by atoms with Crippen LogP contribution in [0.5, 0.6) is 0 Å². The van der Waals surface area contributed by atoms with E-state index in [1.54, 1.807) is 6.92 Å². The number of morpholine rings is 1. The van der Waals surface area contributed by atoms with Gasteiger partial charge in [-0.05, 0) is 13.8 Å². The summed E-state index contributed by atoms with van der Waals surface area (Å²) in [6.45, 7) is 3.73. The van der Waals surface area contributed by atoms with Crippen LogP contribution in [-0.2, 0) is 19.6 Å². The fraction of sp³-hybridized carbons (Fsp3) is 0.875. The summed E-state index contributed by atoms with van der Waals surface area (Å²) < 4.78 is 30.0. The molecule has 0 amide bonds. The van der Waals surface area contributed by atoms with Gasteiger partial charge in [-0.3, -0.25) is 4.79 Å². The van der Waals surface area contributed by atoms with Crippen LogP contribution in [0.25, 0.3) is 0 Å². The number of carboxylic acids is 1. The Balaban J connectivity index is 2.89. The van der Waals surface area contributed by atoms with Crippen molar-refractivity contribution in [3.8, 4) is 0 Å². The van der Waals surface area contributed by atoms with Crippen molar-refractivity contribution in [1.29, 1.82) is 0 Å². The standard InChI is InChI=1S/C8H15NO5S/c1-6-5-14-4-3-9(6)15(12,13)7(2)8(10)11/h6-7H,3-5H2,1-2H3,(H,10,11)/t6-,7?/m1/s1. The average molecular weight is 237 g/mol. The minimum atomic E-state index is -3.76. The molecule has 1 aliphatic heterocycles. The van der Waals surface area contributed by atoms with Crippen LogP contribution in [0, 0.1) is 0 Å². The molecule has 0 aliphatic carbocycles. The van der Waals surface area contributed by atoms with Crippen LogP contribution in [0.1, 0.15) is 13.8 Å². The number of nitrogens with zero attached hydrogens (tertiary/aromatic N) is 1. The molecule has 0 aromatic carbocycles. The Morgan fingerprint density at radius 1 is 1.60 bits per heavy atom. The van der Waals surface area contributed by atoms with Crippen molar-refractivity contribution >= 4 is 16.0 Å². The van der Waals surface area contributed by atoms with E-state index in [0.29, 0.717) is 13.2 Å². The van der Waals surface area contributed by atoms with Gasteiger partial charge in [0.2, 0.25) is 10.0 Å². The van der Waals surface area contributed by atoms with E-state index in [4.69, 9.17) is 9.84 Å². The van der Waals surface area contributed by atoms with Gasteiger partial charge in [0, 0.05) is 12.6 Å². The van der Waals surface area contributed by atoms with Crippen molar-refractivity contribution in [2.24, 2.45) is 0 Å². The highest BCUT2D eigenvalue weighted by Crippen LogP contribution is 2.16. The lowest BCUT2D eigenvalue weighted by atomic mass is 10.3. The molecule has 2 atom stereocenters. The van der Waals surface area contributed by atoms with E-state index in [2.05, 4.69) is 0 Å². The summed E-state index contributed by atoms with van der Waals surface area (Å²) in [4.78, 5) is 10.7. The summed E-state index contributed by atoms with van der Waals surface area (Å²) in [5.74, 6) is -1.33. The summed E-state index contributed by atoms with van der Waals surface area (Å²) in [5.41, 5.74) is 0. The summed E-state index contributed by atoms with van der Waals surface area (Å²) in [6, 6.07) is -0.300. The van der Waals surface area contributed by atoms with Crippen LogP contribution in [0.4, 0.5) is 0 Å². The summed E-state index contributed by atoms with van der Waals surface area (Å²) in [7, 11) is -3.76. The number of hydrogen-bond acceptors (Lipinski definition) is 4. The van der Waals surface area contributed by atoms with Crippen molar-refractivity contribution < 1.29 is 23.1 Å². The smallest absolute Gasteiger partial charge is 0.323 e. The number of ether oxygens (including phenoxy) is 1. The third-order valence-corrected chi connectivity index (χ3v) is 4.72. The first-order chi connectivity index (χ1) is 6.87. The second-order valence-corrected chi connectivity index (χ2v) is 5.77. The molecular formula is C8H15NO5S. The quantitative estimate of drug-likeness (QED) is 0.716. The van der Waals surface area contributed by atoms with Crippen LogP contribution in [0.2, 0.25) is 0 Å². The topological polar surface area (TPSA) is 83.9 Å². The molecule has 0 bridgehead atoms. The fourth-order valence-corrected chi connectivity index (χ4v) is 2.97. The molecule has 6 nitrogen and oxygen atoms in total. The molecule has 1 N–H and O–H groups in total. The first-order valence-corrected chi connectivity index (χ1v) is 6.19. The van der Waals surface area contributed by atoms with Crippen molar-refractivity contribution in [3.05, 3.63) is 0 Å². The zero-order valence-electron chi connectivity index (χ0n) is 8.71. The Hall–Kier alpha value is -0.660. The summed E-state index contributed by atoms with van der Waals surface area (Å²) in [6.07, 6.45) is 0. The zero-order valence-corrected chi connectivity index (χ0v) is 9.53. The highest BCUT2D eigenvalue weighted by atomic mass is 32.2. The number of carboxylic acid groups (broad SMARTS) is 1. The van der Waals surface area contributed by atoms with E-state index in [0.717, 1.165) is 0 Å². The molecular weight excluding hydrogens is 222 g/mol. The molecule has 1 heterocycles. The van der Waals surface area contributed by atoms with Crippen molar-refractivity contribution in [2.45, 2.75) is 25.1 Å².